The van der Waals surface area contributed by atoms with Gasteiger partial charge in [-0.3, -0.25) is 0 Å². The molecule has 0 aliphatic heterocycles. The molecule has 0 aliphatic rings. The molecular weight excluding hydrogens is 330 g/mol. The van der Waals surface area contributed by atoms with Crippen molar-refractivity contribution in [1.29, 1.82) is 0 Å². The van der Waals surface area contributed by atoms with Gasteiger partial charge in [-0.1, -0.05) is 12.1 Å². The van der Waals surface area contributed by atoms with Gasteiger partial charge in [-0.25, -0.2) is 4.99 Å². The summed E-state index contributed by atoms with van der Waals surface area (Å²) in [4.78, 5) is 6.69. The molecular formula is C20H27N3O3. The fourth-order valence-corrected chi connectivity index (χ4v) is 2.52. The van der Waals surface area contributed by atoms with E-state index in [4.69, 9.17) is 9.47 Å². The summed E-state index contributed by atoms with van der Waals surface area (Å²) in [5, 5.41) is 13.3. The monoisotopic (exact) mass is 357 g/mol. The smallest absolute Gasteiger partial charge is 0.194 e. The number of aliphatic imine (C=N–C) groups is 1. The van der Waals surface area contributed by atoms with Crippen molar-refractivity contribution >= 4 is 5.96 Å². The van der Waals surface area contributed by atoms with Gasteiger partial charge in [-0.2, -0.15) is 0 Å². The molecule has 0 fully saturated rings. The van der Waals surface area contributed by atoms with Crippen molar-refractivity contribution in [1.82, 2.24) is 10.2 Å². The molecule has 0 spiro atoms. The molecule has 2 aromatic rings. The molecule has 0 radical (unpaired) electrons. The highest BCUT2D eigenvalue weighted by Crippen LogP contribution is 2.23. The predicted octanol–water partition coefficient (Wildman–Crippen LogP) is 3.01. The van der Waals surface area contributed by atoms with Crippen LogP contribution in [0.5, 0.6) is 17.2 Å². The molecule has 2 rings (SSSR count). The zero-order valence-electron chi connectivity index (χ0n) is 15.8. The lowest BCUT2D eigenvalue weighted by Crippen LogP contribution is -2.38. The lowest BCUT2D eigenvalue weighted by Gasteiger charge is -2.22. The summed E-state index contributed by atoms with van der Waals surface area (Å²) in [7, 11) is 5.24. The van der Waals surface area contributed by atoms with Gasteiger partial charge in [-0.15, -0.1) is 0 Å². The van der Waals surface area contributed by atoms with Crippen molar-refractivity contribution in [3.8, 4) is 17.2 Å². The van der Waals surface area contributed by atoms with Crippen LogP contribution in [0.4, 0.5) is 0 Å². The first-order valence-corrected chi connectivity index (χ1v) is 8.55. The van der Waals surface area contributed by atoms with Crippen LogP contribution in [-0.2, 0) is 13.1 Å². The normalized spacial score (nSPS) is 11.2. The summed E-state index contributed by atoms with van der Waals surface area (Å²) in [6.07, 6.45) is 0. The first kappa shape index (κ1) is 19.4. The van der Waals surface area contributed by atoms with Crippen molar-refractivity contribution < 1.29 is 14.6 Å². The van der Waals surface area contributed by atoms with Crippen LogP contribution in [0.15, 0.2) is 47.5 Å². The molecule has 0 heterocycles. The van der Waals surface area contributed by atoms with E-state index < -0.39 is 0 Å². The molecule has 6 heteroatoms. The Kier molecular flexibility index (Phi) is 7.14. The number of aromatic hydroxyl groups is 1. The minimum absolute atomic E-state index is 0.211. The van der Waals surface area contributed by atoms with Gasteiger partial charge in [0.15, 0.2) is 5.96 Å². The molecule has 0 bridgehead atoms. The molecule has 0 amide bonds. The number of rotatable bonds is 7. The van der Waals surface area contributed by atoms with Gasteiger partial charge in [0.1, 0.15) is 17.2 Å². The molecule has 2 N–H and O–H groups in total. The summed E-state index contributed by atoms with van der Waals surface area (Å²) in [6, 6.07) is 13.1. The lowest BCUT2D eigenvalue weighted by molar-refractivity contribution is 0.410. The molecule has 6 nitrogen and oxygen atoms in total. The Bertz CT molecular complexity index is 730. The highest BCUT2D eigenvalue weighted by Gasteiger charge is 2.08. The average Bonchev–Trinajstić information content (AvgIpc) is 2.66. The Hall–Kier alpha value is -2.89. The second-order valence-corrected chi connectivity index (χ2v) is 5.87. The van der Waals surface area contributed by atoms with E-state index in [1.165, 1.54) is 0 Å². The third-order valence-electron chi connectivity index (χ3n) is 3.96. The zero-order valence-corrected chi connectivity index (χ0v) is 15.8. The Balaban J connectivity index is 2.11. The van der Waals surface area contributed by atoms with E-state index >= 15 is 0 Å². The first-order valence-electron chi connectivity index (χ1n) is 8.55. The summed E-state index contributed by atoms with van der Waals surface area (Å²) in [5.74, 6) is 2.52. The second kappa shape index (κ2) is 9.56. The van der Waals surface area contributed by atoms with Crippen LogP contribution in [0.2, 0.25) is 0 Å². The highest BCUT2D eigenvalue weighted by molar-refractivity contribution is 5.79. The van der Waals surface area contributed by atoms with Gasteiger partial charge in [0, 0.05) is 25.7 Å². The fraction of sp³-hybridized carbons (Fsp3) is 0.350. The Morgan fingerprint density at radius 2 is 1.73 bits per heavy atom. The van der Waals surface area contributed by atoms with Crippen LogP contribution in [0.1, 0.15) is 18.1 Å². The molecule has 0 atom stereocenters. The zero-order chi connectivity index (χ0) is 18.9. The van der Waals surface area contributed by atoms with E-state index in [9.17, 15) is 5.11 Å². The van der Waals surface area contributed by atoms with Crippen LogP contribution >= 0.6 is 0 Å². The topological polar surface area (TPSA) is 66.3 Å². The number of nitrogens with zero attached hydrogens (tertiary/aromatic N) is 2. The van der Waals surface area contributed by atoms with Gasteiger partial charge in [-0.05, 0) is 42.8 Å². The van der Waals surface area contributed by atoms with E-state index in [1.54, 1.807) is 32.4 Å². The van der Waals surface area contributed by atoms with Gasteiger partial charge < -0.3 is 24.8 Å². The number of methoxy groups -OCH3 is 2. The van der Waals surface area contributed by atoms with E-state index in [0.29, 0.717) is 18.8 Å². The van der Waals surface area contributed by atoms with Crippen LogP contribution in [-0.4, -0.2) is 43.8 Å². The van der Waals surface area contributed by atoms with E-state index in [0.717, 1.165) is 29.4 Å². The number of hydrogen-bond acceptors (Lipinski definition) is 4. The van der Waals surface area contributed by atoms with Gasteiger partial charge in [0.25, 0.3) is 0 Å². The molecule has 0 aromatic heterocycles. The summed E-state index contributed by atoms with van der Waals surface area (Å²) in [6.45, 7) is 3.86. The number of ether oxygens (including phenoxy) is 2. The quantitative estimate of drug-likeness (QED) is 0.589. The third kappa shape index (κ3) is 5.31. The predicted molar refractivity (Wildman–Crippen MR) is 104 cm³/mol. The van der Waals surface area contributed by atoms with Crippen LogP contribution < -0.4 is 14.8 Å². The van der Waals surface area contributed by atoms with Crippen molar-refractivity contribution in [3.63, 3.8) is 0 Å². The summed E-state index contributed by atoms with van der Waals surface area (Å²) in [5.41, 5.74) is 1.88. The van der Waals surface area contributed by atoms with Crippen molar-refractivity contribution in [2.45, 2.75) is 20.0 Å². The second-order valence-electron chi connectivity index (χ2n) is 5.87. The molecule has 26 heavy (non-hydrogen) atoms. The molecule has 0 unspecified atom stereocenters. The average molecular weight is 357 g/mol. The number of nitrogens with one attached hydrogen (secondary N) is 1. The van der Waals surface area contributed by atoms with Crippen LogP contribution in [0.25, 0.3) is 0 Å². The van der Waals surface area contributed by atoms with Crippen molar-refractivity contribution in [2.24, 2.45) is 4.99 Å². The molecule has 2 aromatic carbocycles. The van der Waals surface area contributed by atoms with Crippen LogP contribution in [0, 0.1) is 0 Å². The Morgan fingerprint density at radius 1 is 1.08 bits per heavy atom. The SMILES string of the molecule is CCNC(=NCc1cc(OC)ccc1O)N(C)Cc1ccc(OC)cc1. The largest absolute Gasteiger partial charge is 0.508 e. The first-order chi connectivity index (χ1) is 12.6. The Morgan fingerprint density at radius 3 is 2.35 bits per heavy atom. The maximum atomic E-state index is 10.0. The van der Waals surface area contributed by atoms with Crippen molar-refractivity contribution in [3.05, 3.63) is 53.6 Å². The minimum atomic E-state index is 0.211. The van der Waals surface area contributed by atoms with Gasteiger partial charge in [0.2, 0.25) is 0 Å². The lowest BCUT2D eigenvalue weighted by atomic mass is 10.2. The van der Waals surface area contributed by atoms with Gasteiger partial charge in [0.05, 0.1) is 20.8 Å². The number of hydrogen-bond donors (Lipinski definition) is 2. The van der Waals surface area contributed by atoms with E-state index in [2.05, 4.69) is 10.3 Å². The molecule has 0 saturated carbocycles. The molecule has 0 saturated heterocycles. The third-order valence-corrected chi connectivity index (χ3v) is 3.96. The number of guanidine groups is 1. The minimum Gasteiger partial charge on any atom is -0.508 e. The Labute approximate surface area is 155 Å². The standard InChI is InChI=1S/C20H27N3O3/c1-5-21-20(22-13-16-12-18(26-4)10-11-19(16)24)23(2)14-15-6-8-17(25-3)9-7-15/h6-12,24H,5,13-14H2,1-4H3,(H,21,22). The van der Waals surface area contributed by atoms with E-state index in [1.807, 2.05) is 43.1 Å². The molecule has 140 valence electrons. The summed E-state index contributed by atoms with van der Waals surface area (Å²) >= 11 is 0. The maximum Gasteiger partial charge on any atom is 0.194 e. The molecule has 0 aliphatic carbocycles. The van der Waals surface area contributed by atoms with Gasteiger partial charge >= 0.3 is 0 Å². The maximum absolute atomic E-state index is 10.0. The van der Waals surface area contributed by atoms with E-state index in [-0.39, 0.29) is 5.75 Å². The van der Waals surface area contributed by atoms with Crippen molar-refractivity contribution in [2.75, 3.05) is 27.8 Å². The summed E-state index contributed by atoms with van der Waals surface area (Å²) < 4.78 is 10.4. The highest BCUT2D eigenvalue weighted by atomic mass is 16.5. The number of phenols is 1. The fourth-order valence-electron chi connectivity index (χ4n) is 2.52. The van der Waals surface area contributed by atoms with Crippen LogP contribution in [0.3, 0.4) is 0 Å². The number of phenolic OH excluding ortho intramolecular Hbond substituents is 1. The number of benzene rings is 2.